The van der Waals surface area contributed by atoms with Crippen LogP contribution in [0.2, 0.25) is 5.15 Å². The number of hydrogen-bond acceptors (Lipinski definition) is 6. The van der Waals surface area contributed by atoms with Gasteiger partial charge in [-0.25, -0.2) is 9.78 Å². The van der Waals surface area contributed by atoms with Crippen LogP contribution in [0.4, 0.5) is 14.5 Å². The monoisotopic (exact) mass is 386 g/mol. The summed E-state index contributed by atoms with van der Waals surface area (Å²) in [4.78, 5) is 28.1. The fourth-order valence-electron chi connectivity index (χ4n) is 2.03. The van der Waals surface area contributed by atoms with Crippen LogP contribution in [-0.4, -0.2) is 37.7 Å². The Morgan fingerprint density at radius 3 is 2.50 bits per heavy atom. The number of aromatic nitrogens is 1. The van der Waals surface area contributed by atoms with E-state index >= 15 is 0 Å². The lowest BCUT2D eigenvalue weighted by atomic mass is 10.1. The third-order valence-corrected chi connectivity index (χ3v) is 3.37. The van der Waals surface area contributed by atoms with Crippen molar-refractivity contribution in [2.24, 2.45) is 0 Å². The van der Waals surface area contributed by atoms with Gasteiger partial charge in [0.25, 0.3) is 5.91 Å². The minimum atomic E-state index is -3.13. The van der Waals surface area contributed by atoms with E-state index in [4.69, 9.17) is 16.3 Å². The number of benzene rings is 1. The number of pyridine rings is 1. The smallest absolute Gasteiger partial charge is 0.387 e. The van der Waals surface area contributed by atoms with E-state index in [9.17, 15) is 18.4 Å². The molecule has 0 saturated heterocycles. The second kappa shape index (κ2) is 8.43. The third-order valence-electron chi connectivity index (χ3n) is 3.16. The second-order valence-corrected chi connectivity index (χ2v) is 5.13. The normalized spacial score (nSPS) is 10.4. The molecule has 138 valence electrons. The summed E-state index contributed by atoms with van der Waals surface area (Å²) in [6.07, 6.45) is 1.32. The van der Waals surface area contributed by atoms with Gasteiger partial charge < -0.3 is 19.5 Å². The highest BCUT2D eigenvalue weighted by atomic mass is 35.5. The number of carbonyl (C=O) groups excluding carboxylic acids is 2. The topological polar surface area (TPSA) is 86.8 Å². The summed E-state index contributed by atoms with van der Waals surface area (Å²) < 4.78 is 39.1. The number of anilines is 1. The van der Waals surface area contributed by atoms with E-state index in [1.807, 2.05) is 0 Å². The first-order chi connectivity index (χ1) is 12.3. The van der Waals surface area contributed by atoms with Crippen LogP contribution in [0.25, 0.3) is 0 Å². The summed E-state index contributed by atoms with van der Waals surface area (Å²) in [5, 5.41) is 2.51. The molecule has 0 radical (unpaired) electrons. The zero-order chi connectivity index (χ0) is 19.3. The molecule has 0 aliphatic heterocycles. The van der Waals surface area contributed by atoms with Crippen molar-refractivity contribution in [2.45, 2.75) is 6.61 Å². The molecule has 10 heteroatoms. The first kappa shape index (κ1) is 19.4. The van der Waals surface area contributed by atoms with Gasteiger partial charge in [0.15, 0.2) is 11.5 Å². The molecular weight excluding hydrogens is 374 g/mol. The zero-order valence-electron chi connectivity index (χ0n) is 13.6. The Balaban J connectivity index is 2.46. The fourth-order valence-corrected chi connectivity index (χ4v) is 2.20. The molecule has 0 unspecified atom stereocenters. The second-order valence-electron chi connectivity index (χ2n) is 4.74. The Bertz CT molecular complexity index is 832. The number of ether oxygens (including phenoxy) is 3. The third kappa shape index (κ3) is 4.57. The molecule has 0 aliphatic rings. The van der Waals surface area contributed by atoms with Crippen LogP contribution in [0.5, 0.6) is 11.5 Å². The predicted molar refractivity (Wildman–Crippen MR) is 88.2 cm³/mol. The van der Waals surface area contributed by atoms with Crippen molar-refractivity contribution in [3.05, 3.63) is 46.7 Å². The van der Waals surface area contributed by atoms with Crippen LogP contribution in [0.3, 0.4) is 0 Å². The maximum Gasteiger partial charge on any atom is 0.387 e. The summed E-state index contributed by atoms with van der Waals surface area (Å²) in [5.74, 6) is -1.95. The molecule has 7 nitrogen and oxygen atoms in total. The van der Waals surface area contributed by atoms with Crippen molar-refractivity contribution in [2.75, 3.05) is 19.5 Å². The molecular formula is C16H13ClF2N2O5. The molecule has 1 heterocycles. The number of methoxy groups -OCH3 is 2. The molecule has 1 amide bonds. The lowest BCUT2D eigenvalue weighted by molar-refractivity contribution is -0.0511. The van der Waals surface area contributed by atoms with Gasteiger partial charge in [-0.2, -0.15) is 8.78 Å². The fraction of sp³-hybridized carbons (Fsp3) is 0.188. The van der Waals surface area contributed by atoms with Crippen LogP contribution >= 0.6 is 11.6 Å². The number of amides is 1. The van der Waals surface area contributed by atoms with E-state index in [-0.39, 0.29) is 33.5 Å². The summed E-state index contributed by atoms with van der Waals surface area (Å²) in [5.41, 5.74) is -0.0707. The highest BCUT2D eigenvalue weighted by Gasteiger charge is 2.21. The number of halogens is 3. The molecule has 1 aromatic carbocycles. The Kier molecular flexibility index (Phi) is 6.29. The van der Waals surface area contributed by atoms with Crippen molar-refractivity contribution in [3.8, 4) is 11.5 Å². The van der Waals surface area contributed by atoms with Crippen molar-refractivity contribution in [3.63, 3.8) is 0 Å². The molecule has 26 heavy (non-hydrogen) atoms. The van der Waals surface area contributed by atoms with Crippen LogP contribution in [-0.2, 0) is 4.74 Å². The quantitative estimate of drug-likeness (QED) is 0.605. The molecule has 0 saturated carbocycles. The van der Waals surface area contributed by atoms with Gasteiger partial charge in [0, 0.05) is 23.9 Å². The molecule has 0 spiro atoms. The van der Waals surface area contributed by atoms with Gasteiger partial charge in [-0.3, -0.25) is 4.79 Å². The van der Waals surface area contributed by atoms with Gasteiger partial charge in [0.2, 0.25) is 0 Å². The summed E-state index contributed by atoms with van der Waals surface area (Å²) in [6.45, 7) is -3.13. The van der Waals surface area contributed by atoms with Gasteiger partial charge in [-0.15, -0.1) is 0 Å². The highest BCUT2D eigenvalue weighted by Crippen LogP contribution is 2.35. The lowest BCUT2D eigenvalue weighted by Gasteiger charge is -2.15. The molecule has 2 rings (SSSR count). The van der Waals surface area contributed by atoms with E-state index in [0.717, 1.165) is 19.2 Å². The number of esters is 1. The number of nitrogens with zero attached hydrogens (tertiary/aromatic N) is 1. The Morgan fingerprint density at radius 1 is 1.19 bits per heavy atom. The van der Waals surface area contributed by atoms with Crippen molar-refractivity contribution in [1.29, 1.82) is 0 Å². The van der Waals surface area contributed by atoms with E-state index in [1.54, 1.807) is 0 Å². The van der Waals surface area contributed by atoms with Crippen LogP contribution in [0.1, 0.15) is 20.7 Å². The minimum Gasteiger partial charge on any atom is -0.493 e. The summed E-state index contributed by atoms with van der Waals surface area (Å²) in [6, 6.07) is 4.85. The van der Waals surface area contributed by atoms with Gasteiger partial charge in [-0.1, -0.05) is 11.6 Å². The molecule has 0 fully saturated rings. The number of nitrogens with one attached hydrogen (secondary N) is 1. The summed E-state index contributed by atoms with van der Waals surface area (Å²) in [7, 11) is 2.35. The van der Waals surface area contributed by atoms with Crippen LogP contribution in [0.15, 0.2) is 30.5 Å². The van der Waals surface area contributed by atoms with E-state index in [0.29, 0.717) is 0 Å². The lowest BCUT2D eigenvalue weighted by Crippen LogP contribution is -2.16. The average Bonchev–Trinajstić information content (AvgIpc) is 2.60. The molecule has 1 N–H and O–H groups in total. The average molecular weight is 387 g/mol. The number of rotatable bonds is 6. The minimum absolute atomic E-state index is 0.0855. The predicted octanol–water partition coefficient (Wildman–Crippen LogP) is 3.38. The highest BCUT2D eigenvalue weighted by molar-refractivity contribution is 6.29. The summed E-state index contributed by atoms with van der Waals surface area (Å²) >= 11 is 5.73. The molecule has 0 aliphatic carbocycles. The van der Waals surface area contributed by atoms with Crippen molar-refractivity contribution in [1.82, 2.24) is 4.98 Å². The zero-order valence-corrected chi connectivity index (χ0v) is 14.3. The SMILES string of the molecule is COC(=O)c1cc(OC)c(OC(F)F)cc1NC(=O)c1ccnc(Cl)c1. The Labute approximate surface area is 151 Å². The Morgan fingerprint density at radius 2 is 1.92 bits per heavy atom. The first-order valence-electron chi connectivity index (χ1n) is 7.03. The maximum atomic E-state index is 12.6. The van der Waals surface area contributed by atoms with Gasteiger partial charge in [-0.05, 0) is 12.1 Å². The Hall–Kier alpha value is -2.94. The molecule has 0 bridgehead atoms. The van der Waals surface area contributed by atoms with Gasteiger partial charge >= 0.3 is 12.6 Å². The van der Waals surface area contributed by atoms with Gasteiger partial charge in [0.05, 0.1) is 25.5 Å². The van der Waals surface area contributed by atoms with Gasteiger partial charge in [0.1, 0.15) is 5.15 Å². The van der Waals surface area contributed by atoms with E-state index < -0.39 is 18.5 Å². The molecule has 0 atom stereocenters. The van der Waals surface area contributed by atoms with E-state index in [1.165, 1.54) is 25.4 Å². The molecule has 2 aromatic rings. The van der Waals surface area contributed by atoms with Crippen LogP contribution < -0.4 is 14.8 Å². The van der Waals surface area contributed by atoms with Crippen molar-refractivity contribution < 1.29 is 32.6 Å². The largest absolute Gasteiger partial charge is 0.493 e. The number of hydrogen-bond donors (Lipinski definition) is 1. The van der Waals surface area contributed by atoms with E-state index in [2.05, 4.69) is 19.8 Å². The first-order valence-corrected chi connectivity index (χ1v) is 7.41. The number of alkyl halides is 2. The maximum absolute atomic E-state index is 12.6. The molecule has 1 aromatic heterocycles. The standard InChI is InChI=1S/C16H13ClF2N2O5/c1-24-11-6-9(15(23)25-2)10(7-12(11)26-16(18)19)21-14(22)8-3-4-20-13(17)5-8/h3-7,16H,1-2H3,(H,21,22). The van der Waals surface area contributed by atoms with Crippen LogP contribution in [0, 0.1) is 0 Å². The number of carbonyl (C=O) groups is 2. The van der Waals surface area contributed by atoms with Crippen molar-refractivity contribution >= 4 is 29.2 Å².